The highest BCUT2D eigenvalue weighted by molar-refractivity contribution is 6.30. The highest BCUT2D eigenvalue weighted by Crippen LogP contribution is 2.36. The summed E-state index contributed by atoms with van der Waals surface area (Å²) >= 11 is 0. The number of hydrogen-bond acceptors (Lipinski definition) is 6. The van der Waals surface area contributed by atoms with Gasteiger partial charge in [0.15, 0.2) is 0 Å². The van der Waals surface area contributed by atoms with Gasteiger partial charge in [0, 0.05) is 23.5 Å². The van der Waals surface area contributed by atoms with Crippen LogP contribution >= 0.6 is 0 Å². The van der Waals surface area contributed by atoms with Crippen molar-refractivity contribution in [3.63, 3.8) is 0 Å². The molecule has 0 radical (unpaired) electrons. The minimum Gasteiger partial charge on any atom is -0.465 e. The quantitative estimate of drug-likeness (QED) is 0.264. The number of hydrogen-bond donors (Lipinski definition) is 0. The summed E-state index contributed by atoms with van der Waals surface area (Å²) < 4.78 is 4.77. The number of carbonyl (C=O) groups is 2. The number of nitro benzene ring substituents is 1. The van der Waals surface area contributed by atoms with E-state index in [1.165, 1.54) is 25.3 Å². The highest BCUT2D eigenvalue weighted by atomic mass is 16.6. The average molecular weight is 378 g/mol. The Hall–Kier alpha value is -3.74. The number of Topliss-reactive ketones (excluding diaryl/α,β-unsaturated/α-hetero) is 1. The third-order valence-electron chi connectivity index (χ3n) is 4.46. The van der Waals surface area contributed by atoms with Crippen LogP contribution in [0.5, 0.6) is 0 Å². The molecule has 142 valence electrons. The zero-order chi connectivity index (χ0) is 20.4. The topological polar surface area (TPSA) is 89.8 Å². The summed E-state index contributed by atoms with van der Waals surface area (Å²) in [5.74, 6) is -1.21. The van der Waals surface area contributed by atoms with Gasteiger partial charge < -0.3 is 9.64 Å². The lowest BCUT2D eigenvalue weighted by Gasteiger charge is -2.21. The van der Waals surface area contributed by atoms with Crippen molar-refractivity contribution in [1.29, 1.82) is 0 Å². The van der Waals surface area contributed by atoms with Crippen LogP contribution in [0.3, 0.4) is 0 Å². The molecule has 0 amide bonds. The van der Waals surface area contributed by atoms with E-state index >= 15 is 0 Å². The molecule has 7 heteroatoms. The van der Waals surface area contributed by atoms with E-state index in [0.717, 1.165) is 5.56 Å². The summed E-state index contributed by atoms with van der Waals surface area (Å²) in [6.45, 7) is 3.61. The van der Waals surface area contributed by atoms with Crippen molar-refractivity contribution in [2.45, 2.75) is 13.8 Å². The molecule has 0 aromatic heterocycles. The Balaban J connectivity index is 2.16. The molecule has 0 saturated carbocycles. The Morgan fingerprint density at radius 3 is 2.43 bits per heavy atom. The maximum atomic E-state index is 13.0. The summed E-state index contributed by atoms with van der Waals surface area (Å²) in [5, 5.41) is 11.0. The SMILES string of the molecule is COC(=O)C1=C(C)N(c2ccc(C)cc2)/C(=C/c2cccc([N+](=O)[O-])c2)C1=O. The predicted octanol–water partition coefficient (Wildman–Crippen LogP) is 3.78. The van der Waals surface area contributed by atoms with E-state index in [1.54, 1.807) is 24.0 Å². The van der Waals surface area contributed by atoms with Gasteiger partial charge in [-0.15, -0.1) is 0 Å². The zero-order valence-electron chi connectivity index (χ0n) is 15.6. The molecule has 1 aliphatic rings. The van der Waals surface area contributed by atoms with E-state index in [1.807, 2.05) is 31.2 Å². The number of ether oxygens (including phenoxy) is 1. The lowest BCUT2D eigenvalue weighted by molar-refractivity contribution is -0.384. The lowest BCUT2D eigenvalue weighted by atomic mass is 10.1. The van der Waals surface area contributed by atoms with Crippen LogP contribution in [0, 0.1) is 17.0 Å². The number of carbonyl (C=O) groups excluding carboxylic acids is 2. The van der Waals surface area contributed by atoms with Gasteiger partial charge in [-0.3, -0.25) is 14.9 Å². The highest BCUT2D eigenvalue weighted by Gasteiger charge is 2.38. The number of esters is 1. The molecule has 1 aliphatic heterocycles. The van der Waals surface area contributed by atoms with Gasteiger partial charge in [-0.05, 0) is 37.6 Å². The number of nitro groups is 1. The van der Waals surface area contributed by atoms with Crippen LogP contribution in [-0.4, -0.2) is 23.8 Å². The molecule has 2 aromatic rings. The normalized spacial score (nSPS) is 15.3. The number of allylic oxidation sites excluding steroid dienone is 2. The van der Waals surface area contributed by atoms with Crippen molar-refractivity contribution in [3.05, 3.63) is 86.7 Å². The van der Waals surface area contributed by atoms with Gasteiger partial charge in [0.05, 0.1) is 17.7 Å². The Labute approximate surface area is 161 Å². The van der Waals surface area contributed by atoms with E-state index in [9.17, 15) is 19.7 Å². The molecule has 2 aromatic carbocycles. The van der Waals surface area contributed by atoms with Crippen LogP contribution in [0.15, 0.2) is 65.5 Å². The molecule has 0 spiro atoms. The van der Waals surface area contributed by atoms with E-state index in [0.29, 0.717) is 16.9 Å². The second-order valence-corrected chi connectivity index (χ2v) is 6.33. The summed E-state index contributed by atoms with van der Waals surface area (Å²) in [4.78, 5) is 37.4. The van der Waals surface area contributed by atoms with E-state index in [2.05, 4.69) is 0 Å². The number of methoxy groups -OCH3 is 1. The Bertz CT molecular complexity index is 1040. The molecule has 0 N–H and O–H groups in total. The monoisotopic (exact) mass is 378 g/mol. The maximum absolute atomic E-state index is 13.0. The number of aryl methyl sites for hydroxylation is 1. The molecule has 0 bridgehead atoms. The van der Waals surface area contributed by atoms with Gasteiger partial charge >= 0.3 is 5.97 Å². The molecule has 3 rings (SSSR count). The van der Waals surface area contributed by atoms with Crippen LogP contribution in [0.25, 0.3) is 6.08 Å². The fourth-order valence-electron chi connectivity index (χ4n) is 3.07. The van der Waals surface area contributed by atoms with Crippen LogP contribution in [0.1, 0.15) is 18.1 Å². The molecule has 0 unspecified atom stereocenters. The molecule has 0 saturated heterocycles. The van der Waals surface area contributed by atoms with Crippen LogP contribution in [0.4, 0.5) is 11.4 Å². The fraction of sp³-hybridized carbons (Fsp3) is 0.143. The fourth-order valence-corrected chi connectivity index (χ4v) is 3.07. The number of non-ortho nitro benzene ring substituents is 1. The molecular weight excluding hydrogens is 360 g/mol. The maximum Gasteiger partial charge on any atom is 0.343 e. The molecular formula is C21H18N2O5. The predicted molar refractivity (Wildman–Crippen MR) is 104 cm³/mol. The number of benzene rings is 2. The molecule has 7 nitrogen and oxygen atoms in total. The third kappa shape index (κ3) is 3.42. The summed E-state index contributed by atoms with van der Waals surface area (Å²) in [5.41, 5.74) is 2.76. The first-order valence-corrected chi connectivity index (χ1v) is 8.50. The van der Waals surface area contributed by atoms with Gasteiger partial charge in [-0.2, -0.15) is 0 Å². The third-order valence-corrected chi connectivity index (χ3v) is 4.46. The Morgan fingerprint density at radius 2 is 1.82 bits per heavy atom. The Kier molecular flexibility index (Phi) is 5.08. The number of rotatable bonds is 4. The van der Waals surface area contributed by atoms with Crippen molar-refractivity contribution < 1.29 is 19.2 Å². The minimum absolute atomic E-state index is 0.0558. The first kappa shape index (κ1) is 19.0. The first-order valence-electron chi connectivity index (χ1n) is 8.50. The second-order valence-electron chi connectivity index (χ2n) is 6.33. The van der Waals surface area contributed by atoms with Crippen molar-refractivity contribution in [2.75, 3.05) is 12.0 Å². The van der Waals surface area contributed by atoms with Crippen molar-refractivity contribution in [2.24, 2.45) is 0 Å². The smallest absolute Gasteiger partial charge is 0.343 e. The Morgan fingerprint density at radius 1 is 1.14 bits per heavy atom. The average Bonchev–Trinajstić information content (AvgIpc) is 2.92. The van der Waals surface area contributed by atoms with Gasteiger partial charge in [-0.1, -0.05) is 29.8 Å². The van der Waals surface area contributed by atoms with Gasteiger partial charge in [0.25, 0.3) is 5.69 Å². The number of nitrogens with zero attached hydrogens (tertiary/aromatic N) is 2. The minimum atomic E-state index is -0.720. The second kappa shape index (κ2) is 7.48. The largest absolute Gasteiger partial charge is 0.465 e. The van der Waals surface area contributed by atoms with Crippen LogP contribution in [-0.2, 0) is 14.3 Å². The van der Waals surface area contributed by atoms with Crippen LogP contribution < -0.4 is 4.90 Å². The lowest BCUT2D eigenvalue weighted by Crippen LogP contribution is -2.18. The van der Waals surface area contributed by atoms with Gasteiger partial charge in [-0.25, -0.2) is 4.79 Å². The van der Waals surface area contributed by atoms with E-state index < -0.39 is 16.7 Å². The molecule has 28 heavy (non-hydrogen) atoms. The number of anilines is 1. The summed E-state index contributed by atoms with van der Waals surface area (Å²) in [6.07, 6.45) is 1.54. The van der Waals surface area contributed by atoms with Gasteiger partial charge in [0.2, 0.25) is 5.78 Å². The molecule has 0 fully saturated rings. The first-order chi connectivity index (χ1) is 13.3. The zero-order valence-corrected chi connectivity index (χ0v) is 15.6. The molecule has 0 atom stereocenters. The molecule has 1 heterocycles. The summed E-state index contributed by atoms with van der Waals surface area (Å²) in [7, 11) is 1.22. The van der Waals surface area contributed by atoms with E-state index in [4.69, 9.17) is 4.74 Å². The van der Waals surface area contributed by atoms with E-state index in [-0.39, 0.29) is 17.0 Å². The van der Waals surface area contributed by atoms with Crippen molar-refractivity contribution >= 4 is 29.2 Å². The van der Waals surface area contributed by atoms with Crippen molar-refractivity contribution in [3.8, 4) is 0 Å². The van der Waals surface area contributed by atoms with Crippen LogP contribution in [0.2, 0.25) is 0 Å². The number of ketones is 1. The molecule has 0 aliphatic carbocycles. The summed E-state index contributed by atoms with van der Waals surface area (Å²) in [6, 6.07) is 13.4. The van der Waals surface area contributed by atoms with Crippen molar-refractivity contribution in [1.82, 2.24) is 0 Å². The van der Waals surface area contributed by atoms with Gasteiger partial charge in [0.1, 0.15) is 5.57 Å². The standard InChI is InChI=1S/C21H18N2O5/c1-13-7-9-16(10-8-13)22-14(2)19(21(25)28-3)20(24)18(22)12-15-5-4-6-17(11-15)23(26)27/h4-12H,1-3H3/b18-12+.